The summed E-state index contributed by atoms with van der Waals surface area (Å²) in [5.74, 6) is -0.942. The Morgan fingerprint density at radius 2 is 1.84 bits per heavy atom. The van der Waals surface area contributed by atoms with E-state index in [4.69, 9.17) is 13.7 Å². The first kappa shape index (κ1) is 33.5. The van der Waals surface area contributed by atoms with Gasteiger partial charge < -0.3 is 14.6 Å². The summed E-state index contributed by atoms with van der Waals surface area (Å²) in [5, 5.41) is 11.8. The number of aliphatic hydroxyl groups is 1. The van der Waals surface area contributed by atoms with Gasteiger partial charge >= 0.3 is 6.16 Å². The quantitative estimate of drug-likeness (QED) is 0.245. The van der Waals surface area contributed by atoms with Crippen molar-refractivity contribution in [3.63, 3.8) is 0 Å². The van der Waals surface area contributed by atoms with Crippen LogP contribution >= 0.6 is 0 Å². The van der Waals surface area contributed by atoms with Crippen LogP contribution in [0.3, 0.4) is 0 Å². The lowest BCUT2D eigenvalue weighted by atomic mass is 9.46. The smallest absolute Gasteiger partial charge is 0.434 e. The molecule has 5 rings (SSSR count). The number of hydrogen-bond acceptors (Lipinski definition) is 9. The number of benzene rings is 1. The molecule has 10 heteroatoms. The molecule has 0 aliphatic heterocycles. The van der Waals surface area contributed by atoms with Crippen molar-refractivity contribution in [3.8, 4) is 0 Å². The van der Waals surface area contributed by atoms with Crippen LogP contribution in [0.2, 0.25) is 0 Å². The van der Waals surface area contributed by atoms with Gasteiger partial charge in [-0.15, -0.1) is 0 Å². The highest BCUT2D eigenvalue weighted by Crippen LogP contribution is 2.68. The highest BCUT2D eigenvalue weighted by Gasteiger charge is 2.70. The van der Waals surface area contributed by atoms with Gasteiger partial charge in [-0.25, -0.2) is 4.79 Å². The van der Waals surface area contributed by atoms with Crippen molar-refractivity contribution >= 4 is 27.8 Å². The number of carbonyl (C=O) groups is 3. The molecule has 0 spiro atoms. The first-order chi connectivity index (χ1) is 21.2. The minimum Gasteiger partial charge on any atom is -0.434 e. The number of allylic oxidation sites excluding steroid dienone is 4. The topological polar surface area (TPSA) is 133 Å². The molecule has 0 bridgehead atoms. The van der Waals surface area contributed by atoms with Crippen LogP contribution in [0.15, 0.2) is 53.0 Å². The third-order valence-electron chi connectivity index (χ3n) is 11.2. The second-order valence-electron chi connectivity index (χ2n) is 14.1. The molecule has 0 radical (unpaired) electrons. The first-order valence-corrected chi connectivity index (χ1v) is 17.5. The van der Waals surface area contributed by atoms with Crippen molar-refractivity contribution < 1.29 is 41.6 Å². The van der Waals surface area contributed by atoms with Gasteiger partial charge in [0.25, 0.3) is 10.1 Å². The van der Waals surface area contributed by atoms with Crippen LogP contribution in [0.5, 0.6) is 0 Å². The summed E-state index contributed by atoms with van der Waals surface area (Å²) in [4.78, 5) is 39.6. The zero-order valence-electron chi connectivity index (χ0n) is 26.9. The van der Waals surface area contributed by atoms with Crippen LogP contribution in [0.4, 0.5) is 4.79 Å². The zero-order chi connectivity index (χ0) is 32.8. The summed E-state index contributed by atoms with van der Waals surface area (Å²) in [6, 6.07) is 6.12. The normalized spacial score (nSPS) is 34.6. The largest absolute Gasteiger partial charge is 0.509 e. The van der Waals surface area contributed by atoms with Gasteiger partial charge in [-0.3, -0.25) is 13.8 Å². The van der Waals surface area contributed by atoms with E-state index >= 15 is 0 Å². The summed E-state index contributed by atoms with van der Waals surface area (Å²) in [6.45, 7) is 9.08. The van der Waals surface area contributed by atoms with Crippen molar-refractivity contribution in [3.05, 3.63) is 53.6 Å². The van der Waals surface area contributed by atoms with Gasteiger partial charge in [-0.05, 0) is 87.5 Å². The number of rotatable bonds is 10. The first-order valence-electron chi connectivity index (χ1n) is 16.1. The molecule has 4 aliphatic carbocycles. The number of hydrogen-bond donors (Lipinski definition) is 1. The fourth-order valence-electron chi connectivity index (χ4n) is 8.98. The lowest BCUT2D eigenvalue weighted by Crippen LogP contribution is -2.63. The third kappa shape index (κ3) is 5.94. The fourth-order valence-corrected chi connectivity index (χ4v) is 9.84. The molecule has 9 nitrogen and oxygen atoms in total. The second kappa shape index (κ2) is 12.4. The molecule has 0 aromatic heterocycles. The van der Waals surface area contributed by atoms with Crippen LogP contribution in [-0.4, -0.2) is 56.2 Å². The van der Waals surface area contributed by atoms with Crippen LogP contribution in [0.25, 0.3) is 0 Å². The van der Waals surface area contributed by atoms with Crippen molar-refractivity contribution in [1.82, 2.24) is 0 Å². The Hall–Kier alpha value is -2.82. The molecule has 8 atom stereocenters. The number of carbonyl (C=O) groups excluding carboxylic acids is 3. The minimum atomic E-state index is -4.27. The third-order valence-corrected chi connectivity index (χ3v) is 12.5. The Balaban J connectivity index is 1.45. The number of aliphatic hydroxyl groups excluding tert-OH is 1. The molecule has 3 fully saturated rings. The maximum atomic E-state index is 14.3. The molecule has 45 heavy (non-hydrogen) atoms. The number of aryl methyl sites for hydroxylation is 1. The maximum Gasteiger partial charge on any atom is 0.509 e. The van der Waals surface area contributed by atoms with E-state index < -0.39 is 51.2 Å². The standard InChI is InChI=1S/C35H46O9S/c1-6-7-23(3)20-42-32(39)44-35(30(38)21-43-45(40,41)26-11-8-22(2)9-12-26)17-15-28-27-13-10-24-18-25(36)14-16-33(24,4)31(27)29(37)19-34(28,35)5/h8-9,11-12,14,16,18,23,27-29,31,37H,6-7,10,13,15,17,19-21H2,1-5H3/t23?,27-,28-,29?,31+,33-,34-,35-/m0/s1. The van der Waals surface area contributed by atoms with E-state index in [-0.39, 0.29) is 53.8 Å². The average molecular weight is 643 g/mol. The number of ketones is 2. The summed E-state index contributed by atoms with van der Waals surface area (Å²) < 4.78 is 42.9. The lowest BCUT2D eigenvalue weighted by molar-refractivity contribution is -0.183. The summed E-state index contributed by atoms with van der Waals surface area (Å²) in [6.07, 6.45) is 7.34. The van der Waals surface area contributed by atoms with E-state index in [9.17, 15) is 27.9 Å². The number of Topliss-reactive ketones (excluding diaryl/α,β-unsaturated/α-hetero) is 1. The summed E-state index contributed by atoms with van der Waals surface area (Å²) in [5.41, 5.74) is -1.39. The Labute approximate surface area is 266 Å². The van der Waals surface area contributed by atoms with E-state index in [1.165, 1.54) is 12.1 Å². The monoisotopic (exact) mass is 642 g/mol. The second-order valence-corrected chi connectivity index (χ2v) is 15.7. The van der Waals surface area contributed by atoms with Crippen molar-refractivity contribution in [2.45, 2.75) is 96.2 Å². The number of ether oxygens (including phenoxy) is 2. The van der Waals surface area contributed by atoms with Gasteiger partial charge in [0.05, 0.1) is 17.6 Å². The van der Waals surface area contributed by atoms with Crippen molar-refractivity contribution in [2.24, 2.45) is 34.5 Å². The summed E-state index contributed by atoms with van der Waals surface area (Å²) >= 11 is 0. The Bertz CT molecular complexity index is 1490. The van der Waals surface area contributed by atoms with Gasteiger partial charge in [-0.1, -0.05) is 63.5 Å². The summed E-state index contributed by atoms with van der Waals surface area (Å²) in [7, 11) is -4.27. The molecule has 2 unspecified atom stereocenters. The molecule has 1 N–H and O–H groups in total. The van der Waals surface area contributed by atoms with Gasteiger partial charge in [0, 0.05) is 16.7 Å². The molecule has 246 valence electrons. The Kier molecular flexibility index (Phi) is 9.25. The van der Waals surface area contributed by atoms with Gasteiger partial charge in [0.1, 0.15) is 6.61 Å². The molecule has 0 saturated heterocycles. The zero-order valence-corrected chi connectivity index (χ0v) is 27.7. The van der Waals surface area contributed by atoms with Crippen molar-refractivity contribution in [2.75, 3.05) is 13.2 Å². The minimum absolute atomic E-state index is 0.0187. The maximum absolute atomic E-state index is 14.3. The molecule has 1 aromatic rings. The average Bonchev–Trinajstić information content (AvgIpc) is 3.27. The SMILES string of the molecule is CCCC(C)COC(=O)O[C@]1(C(=O)COS(=O)(=O)c2ccc(C)cc2)CC[C@H]2[C@@H]3CCC4=CC(=O)C=C[C@]4(C)[C@H]3C(O)C[C@@]21C. The molecular formula is C35H46O9S. The van der Waals surface area contributed by atoms with E-state index in [1.807, 2.05) is 33.8 Å². The Morgan fingerprint density at radius 1 is 1.13 bits per heavy atom. The molecular weight excluding hydrogens is 596 g/mol. The Morgan fingerprint density at radius 3 is 2.53 bits per heavy atom. The molecule has 3 saturated carbocycles. The fraction of sp³-hybridized carbons (Fsp3) is 0.629. The molecule has 0 amide bonds. The van der Waals surface area contributed by atoms with E-state index in [1.54, 1.807) is 24.3 Å². The van der Waals surface area contributed by atoms with Crippen molar-refractivity contribution in [1.29, 1.82) is 0 Å². The van der Waals surface area contributed by atoms with Gasteiger partial charge in [0.15, 0.2) is 11.4 Å². The molecule has 4 aliphatic rings. The van der Waals surface area contributed by atoms with Crippen LogP contribution in [-0.2, 0) is 33.4 Å². The molecule has 1 aromatic carbocycles. The highest BCUT2D eigenvalue weighted by atomic mass is 32.2. The predicted octanol–water partition coefficient (Wildman–Crippen LogP) is 5.88. The van der Waals surface area contributed by atoms with E-state index in [0.717, 1.165) is 24.0 Å². The van der Waals surface area contributed by atoms with Crippen LogP contribution in [0.1, 0.15) is 78.2 Å². The van der Waals surface area contributed by atoms with E-state index in [2.05, 4.69) is 6.92 Å². The van der Waals surface area contributed by atoms with Crippen LogP contribution in [0, 0.1) is 41.4 Å². The predicted molar refractivity (Wildman–Crippen MR) is 167 cm³/mol. The molecule has 0 heterocycles. The van der Waals surface area contributed by atoms with Crippen LogP contribution < -0.4 is 0 Å². The number of fused-ring (bicyclic) bond motifs is 5. The van der Waals surface area contributed by atoms with E-state index in [0.29, 0.717) is 19.3 Å². The van der Waals surface area contributed by atoms with Gasteiger partial charge in [0.2, 0.25) is 5.78 Å². The van der Waals surface area contributed by atoms with Gasteiger partial charge in [-0.2, -0.15) is 8.42 Å². The lowest BCUT2D eigenvalue weighted by Gasteiger charge is -2.59. The highest BCUT2D eigenvalue weighted by molar-refractivity contribution is 7.86.